The van der Waals surface area contributed by atoms with E-state index in [4.69, 9.17) is 15.2 Å². The molecular weight excluding hydrogens is 268 g/mol. The molecule has 1 heterocycles. The molecule has 0 unspecified atom stereocenters. The van der Waals surface area contributed by atoms with Gasteiger partial charge in [0.25, 0.3) is 0 Å². The number of likely N-dealkylation sites (tertiary alicyclic amines) is 1. The Morgan fingerprint density at radius 1 is 1.33 bits per heavy atom. The Morgan fingerprint density at radius 3 is 2.71 bits per heavy atom. The predicted molar refractivity (Wildman–Crippen MR) is 82.2 cm³/mol. The van der Waals surface area contributed by atoms with E-state index in [0.717, 1.165) is 32.5 Å². The highest BCUT2D eigenvalue weighted by Gasteiger charge is 2.22. The van der Waals surface area contributed by atoms with E-state index in [9.17, 15) is 4.79 Å². The zero-order valence-electron chi connectivity index (χ0n) is 12.6. The van der Waals surface area contributed by atoms with Crippen LogP contribution in [0, 0.1) is 0 Å². The van der Waals surface area contributed by atoms with Gasteiger partial charge in [0, 0.05) is 19.7 Å². The van der Waals surface area contributed by atoms with Crippen LogP contribution >= 0.6 is 0 Å². The van der Waals surface area contributed by atoms with Gasteiger partial charge in [-0.2, -0.15) is 0 Å². The zero-order chi connectivity index (χ0) is 15.1. The fourth-order valence-corrected chi connectivity index (χ4v) is 2.53. The van der Waals surface area contributed by atoms with Gasteiger partial charge in [0.2, 0.25) is 5.91 Å². The third-order valence-corrected chi connectivity index (χ3v) is 3.69. The molecule has 2 rings (SSSR count). The second-order valence-electron chi connectivity index (χ2n) is 5.17. The first kappa shape index (κ1) is 15.6. The van der Waals surface area contributed by atoms with Crippen molar-refractivity contribution in [1.29, 1.82) is 0 Å². The molecule has 1 fully saturated rings. The molecule has 0 spiro atoms. The largest absolute Gasteiger partial charge is 0.491 e. The highest BCUT2D eigenvalue weighted by molar-refractivity contribution is 5.76. The number of carbonyl (C=O) groups excluding carboxylic acids is 1. The summed E-state index contributed by atoms with van der Waals surface area (Å²) < 4.78 is 11.1. The summed E-state index contributed by atoms with van der Waals surface area (Å²) in [6.07, 6.45) is 2.53. The van der Waals surface area contributed by atoms with E-state index in [0.29, 0.717) is 30.6 Å². The highest BCUT2D eigenvalue weighted by atomic mass is 16.5. The number of hydrogen-bond donors (Lipinski definition) is 1. The van der Waals surface area contributed by atoms with E-state index in [1.807, 2.05) is 30.0 Å². The molecule has 1 saturated heterocycles. The smallest absolute Gasteiger partial charge is 0.226 e. The fraction of sp³-hybridized carbons (Fsp3) is 0.562. The Balaban J connectivity index is 1.70. The molecular formula is C16H24N2O3. The molecule has 1 aliphatic heterocycles. The van der Waals surface area contributed by atoms with Gasteiger partial charge in [0.05, 0.1) is 24.8 Å². The average Bonchev–Trinajstić information content (AvgIpc) is 2.50. The number of nitrogen functional groups attached to an aromatic ring is 1. The van der Waals surface area contributed by atoms with Crippen molar-refractivity contribution < 1.29 is 14.3 Å². The van der Waals surface area contributed by atoms with Crippen LogP contribution in [0.4, 0.5) is 5.69 Å². The summed E-state index contributed by atoms with van der Waals surface area (Å²) >= 11 is 0. The van der Waals surface area contributed by atoms with Crippen LogP contribution in [0.15, 0.2) is 24.3 Å². The van der Waals surface area contributed by atoms with E-state index in [-0.39, 0.29) is 5.91 Å². The SMILES string of the molecule is CCOC1CCN(C(=O)CCOc2ccccc2N)CC1. The number of benzene rings is 1. The summed E-state index contributed by atoms with van der Waals surface area (Å²) in [5, 5.41) is 0. The number of piperidine rings is 1. The molecule has 0 bridgehead atoms. The Kier molecular flexibility index (Phi) is 5.87. The number of nitrogens with zero attached hydrogens (tertiary/aromatic N) is 1. The minimum Gasteiger partial charge on any atom is -0.491 e. The minimum absolute atomic E-state index is 0.138. The van der Waals surface area contributed by atoms with Gasteiger partial charge < -0.3 is 20.1 Å². The molecule has 2 N–H and O–H groups in total. The lowest BCUT2D eigenvalue weighted by molar-refractivity contribution is -0.134. The lowest BCUT2D eigenvalue weighted by Crippen LogP contribution is -2.41. The molecule has 5 nitrogen and oxygen atoms in total. The van der Waals surface area contributed by atoms with Crippen LogP contribution in [-0.4, -0.2) is 43.2 Å². The molecule has 5 heteroatoms. The molecule has 1 amide bonds. The topological polar surface area (TPSA) is 64.8 Å². The highest BCUT2D eigenvalue weighted by Crippen LogP contribution is 2.20. The molecule has 1 aromatic rings. The molecule has 1 aliphatic rings. The number of amides is 1. The van der Waals surface area contributed by atoms with Gasteiger partial charge in [-0.15, -0.1) is 0 Å². The van der Waals surface area contributed by atoms with Crippen molar-refractivity contribution in [2.75, 3.05) is 32.0 Å². The van der Waals surface area contributed by atoms with Gasteiger partial charge in [0.1, 0.15) is 5.75 Å². The molecule has 0 aliphatic carbocycles. The first-order chi connectivity index (χ1) is 10.2. The molecule has 0 atom stereocenters. The number of rotatable bonds is 6. The van der Waals surface area contributed by atoms with Gasteiger partial charge in [-0.25, -0.2) is 0 Å². The molecule has 0 radical (unpaired) electrons. The van der Waals surface area contributed by atoms with E-state index in [2.05, 4.69) is 0 Å². The van der Waals surface area contributed by atoms with Gasteiger partial charge in [-0.05, 0) is 31.9 Å². The van der Waals surface area contributed by atoms with Crippen LogP contribution < -0.4 is 10.5 Å². The van der Waals surface area contributed by atoms with E-state index in [1.165, 1.54) is 0 Å². The van der Waals surface area contributed by atoms with Gasteiger partial charge in [-0.1, -0.05) is 12.1 Å². The monoisotopic (exact) mass is 292 g/mol. The van der Waals surface area contributed by atoms with Crippen LogP contribution in [0.25, 0.3) is 0 Å². The average molecular weight is 292 g/mol. The maximum absolute atomic E-state index is 12.1. The van der Waals surface area contributed by atoms with Crippen LogP contribution in [0.3, 0.4) is 0 Å². The Bertz CT molecular complexity index is 457. The lowest BCUT2D eigenvalue weighted by atomic mass is 10.1. The number of hydrogen-bond acceptors (Lipinski definition) is 4. The summed E-state index contributed by atoms with van der Waals surface area (Å²) in [5.41, 5.74) is 6.39. The Labute approximate surface area is 126 Å². The van der Waals surface area contributed by atoms with Crippen molar-refractivity contribution in [2.45, 2.75) is 32.3 Å². The quantitative estimate of drug-likeness (QED) is 0.815. The second-order valence-corrected chi connectivity index (χ2v) is 5.17. The summed E-state index contributed by atoms with van der Waals surface area (Å²) in [6, 6.07) is 7.32. The summed E-state index contributed by atoms with van der Waals surface area (Å²) in [6.45, 7) is 4.65. The van der Waals surface area contributed by atoms with Crippen molar-refractivity contribution >= 4 is 11.6 Å². The van der Waals surface area contributed by atoms with Crippen molar-refractivity contribution in [1.82, 2.24) is 4.90 Å². The molecule has 1 aromatic carbocycles. The number of anilines is 1. The van der Waals surface area contributed by atoms with Gasteiger partial charge in [-0.3, -0.25) is 4.79 Å². The normalized spacial score (nSPS) is 16.0. The minimum atomic E-state index is 0.138. The standard InChI is InChI=1S/C16H24N2O3/c1-2-20-13-7-10-18(11-8-13)16(19)9-12-21-15-6-4-3-5-14(15)17/h3-6,13H,2,7-12,17H2,1H3. The second kappa shape index (κ2) is 7.88. The first-order valence-electron chi connectivity index (χ1n) is 7.57. The predicted octanol–water partition coefficient (Wildman–Crippen LogP) is 2.07. The Morgan fingerprint density at radius 2 is 2.05 bits per heavy atom. The summed E-state index contributed by atoms with van der Waals surface area (Å²) in [5.74, 6) is 0.778. The summed E-state index contributed by atoms with van der Waals surface area (Å²) in [4.78, 5) is 14.0. The van der Waals surface area contributed by atoms with Crippen LogP contribution in [0.5, 0.6) is 5.75 Å². The van der Waals surface area contributed by atoms with E-state index in [1.54, 1.807) is 6.07 Å². The van der Waals surface area contributed by atoms with Crippen LogP contribution in [0.2, 0.25) is 0 Å². The van der Waals surface area contributed by atoms with E-state index >= 15 is 0 Å². The molecule has 21 heavy (non-hydrogen) atoms. The molecule has 116 valence electrons. The number of ether oxygens (including phenoxy) is 2. The maximum Gasteiger partial charge on any atom is 0.226 e. The van der Waals surface area contributed by atoms with Gasteiger partial charge in [0.15, 0.2) is 0 Å². The third-order valence-electron chi connectivity index (χ3n) is 3.69. The summed E-state index contributed by atoms with van der Waals surface area (Å²) in [7, 11) is 0. The van der Waals surface area contributed by atoms with Crippen molar-refractivity contribution in [2.24, 2.45) is 0 Å². The van der Waals surface area contributed by atoms with Crippen molar-refractivity contribution in [3.05, 3.63) is 24.3 Å². The van der Waals surface area contributed by atoms with Crippen LogP contribution in [0.1, 0.15) is 26.2 Å². The van der Waals surface area contributed by atoms with Crippen molar-refractivity contribution in [3.8, 4) is 5.75 Å². The first-order valence-corrected chi connectivity index (χ1v) is 7.57. The lowest BCUT2D eigenvalue weighted by Gasteiger charge is -2.31. The number of carbonyl (C=O) groups is 1. The zero-order valence-corrected chi connectivity index (χ0v) is 12.6. The fourth-order valence-electron chi connectivity index (χ4n) is 2.53. The Hall–Kier alpha value is -1.75. The number of nitrogens with two attached hydrogens (primary N) is 1. The van der Waals surface area contributed by atoms with Gasteiger partial charge >= 0.3 is 0 Å². The molecule has 0 saturated carbocycles. The van der Waals surface area contributed by atoms with E-state index < -0.39 is 0 Å². The molecule has 0 aromatic heterocycles. The van der Waals surface area contributed by atoms with Crippen molar-refractivity contribution in [3.63, 3.8) is 0 Å². The van der Waals surface area contributed by atoms with Crippen LogP contribution in [-0.2, 0) is 9.53 Å². The maximum atomic E-state index is 12.1. The number of para-hydroxylation sites is 2. The third kappa shape index (κ3) is 4.63.